The number of hydrogen-bond acceptors (Lipinski definition) is 10. The number of cyclic esters (lactones) is 1. The maximum Gasteiger partial charge on any atom is 0.343 e. The number of aromatic amines is 1. The summed E-state index contributed by atoms with van der Waals surface area (Å²) in [4.78, 5) is 51.0. The van der Waals surface area contributed by atoms with Gasteiger partial charge < -0.3 is 39.9 Å². The number of nitrogens with zero attached hydrogens (tertiary/aromatic N) is 3. The lowest BCUT2D eigenvalue weighted by atomic mass is 9.86. The van der Waals surface area contributed by atoms with Gasteiger partial charge in [-0.25, -0.2) is 14.8 Å². The number of nitrogens with one attached hydrogen (secondary N) is 2. The van der Waals surface area contributed by atoms with Gasteiger partial charge in [-0.2, -0.15) is 0 Å². The van der Waals surface area contributed by atoms with Crippen molar-refractivity contribution in [2.75, 3.05) is 6.79 Å². The van der Waals surface area contributed by atoms with Crippen LogP contribution in [-0.4, -0.2) is 49.3 Å². The molecule has 41 heavy (non-hydrogen) atoms. The number of imidazole rings is 1. The highest BCUT2D eigenvalue weighted by Gasteiger charge is 2.45. The fourth-order valence-corrected chi connectivity index (χ4v) is 5.79. The van der Waals surface area contributed by atoms with Gasteiger partial charge in [0.15, 0.2) is 17.1 Å². The Morgan fingerprint density at radius 2 is 2.02 bits per heavy atom. The Labute approximate surface area is 232 Å². The van der Waals surface area contributed by atoms with Crippen LogP contribution in [0.1, 0.15) is 41.3 Å². The lowest BCUT2D eigenvalue weighted by Gasteiger charge is -2.31. The van der Waals surface area contributed by atoms with Gasteiger partial charge in [-0.05, 0) is 24.1 Å². The van der Waals surface area contributed by atoms with E-state index in [4.69, 9.17) is 24.9 Å². The minimum Gasteiger partial charge on any atom is -0.458 e. The van der Waals surface area contributed by atoms with E-state index >= 15 is 0 Å². The number of benzene rings is 1. The zero-order valence-corrected chi connectivity index (χ0v) is 22.0. The molecule has 0 radical (unpaired) electrons. The van der Waals surface area contributed by atoms with Gasteiger partial charge in [0.05, 0.1) is 41.4 Å². The van der Waals surface area contributed by atoms with Crippen molar-refractivity contribution in [3.63, 3.8) is 0 Å². The normalized spacial score (nSPS) is 19.0. The van der Waals surface area contributed by atoms with Crippen molar-refractivity contribution in [2.24, 2.45) is 5.73 Å². The van der Waals surface area contributed by atoms with E-state index in [1.54, 1.807) is 29.8 Å². The maximum absolute atomic E-state index is 13.7. The van der Waals surface area contributed by atoms with E-state index in [0.29, 0.717) is 28.4 Å². The molecule has 13 nitrogen and oxygen atoms in total. The van der Waals surface area contributed by atoms with Gasteiger partial charge in [0, 0.05) is 47.4 Å². The molecule has 5 N–H and O–H groups in total. The van der Waals surface area contributed by atoms with Crippen molar-refractivity contribution in [3.8, 4) is 22.9 Å². The third-order valence-electron chi connectivity index (χ3n) is 8.07. The van der Waals surface area contributed by atoms with Crippen LogP contribution in [0.4, 0.5) is 0 Å². The van der Waals surface area contributed by atoms with Crippen molar-refractivity contribution < 1.29 is 28.9 Å². The van der Waals surface area contributed by atoms with E-state index in [1.807, 2.05) is 6.07 Å². The Balaban J connectivity index is 1.34. The summed E-state index contributed by atoms with van der Waals surface area (Å²) in [5, 5.41) is 14.8. The molecule has 0 saturated carbocycles. The minimum absolute atomic E-state index is 0.0410. The Bertz CT molecular complexity index is 1820. The third kappa shape index (κ3) is 3.80. The Morgan fingerprint density at radius 1 is 1.22 bits per heavy atom. The predicted octanol–water partition coefficient (Wildman–Crippen LogP) is 0.718. The first-order chi connectivity index (χ1) is 19.8. The summed E-state index contributed by atoms with van der Waals surface area (Å²) in [6.45, 7) is 1.80. The number of pyridine rings is 2. The van der Waals surface area contributed by atoms with E-state index in [9.17, 15) is 19.5 Å². The van der Waals surface area contributed by atoms with Gasteiger partial charge >= 0.3 is 5.97 Å². The fraction of sp³-hybridized carbons (Fsp3) is 0.321. The van der Waals surface area contributed by atoms with Crippen LogP contribution in [-0.2, 0) is 46.0 Å². The number of fused-ring (bicyclic) bond motifs is 6. The second-order valence-electron chi connectivity index (χ2n) is 10.3. The summed E-state index contributed by atoms with van der Waals surface area (Å²) in [5.74, 6) is -0.0602. The molecular weight excluding hydrogens is 532 g/mol. The third-order valence-corrected chi connectivity index (χ3v) is 8.07. The molecule has 1 amide bonds. The zero-order chi connectivity index (χ0) is 28.5. The monoisotopic (exact) mass is 558 g/mol. The molecule has 7 rings (SSSR count). The average molecular weight is 559 g/mol. The van der Waals surface area contributed by atoms with E-state index in [0.717, 1.165) is 22.2 Å². The van der Waals surface area contributed by atoms with E-state index in [-0.39, 0.29) is 61.9 Å². The molecular formula is C28H26N6O7. The van der Waals surface area contributed by atoms with E-state index in [2.05, 4.69) is 15.3 Å². The van der Waals surface area contributed by atoms with E-state index < -0.39 is 17.6 Å². The molecule has 0 spiro atoms. The number of carbonyl (C=O) groups excluding carboxylic acids is 2. The molecule has 0 fully saturated rings. The number of nitrogens with two attached hydrogens (primary N) is 1. The first-order valence-electron chi connectivity index (χ1n) is 13.2. The molecule has 3 aromatic heterocycles. The van der Waals surface area contributed by atoms with Crippen molar-refractivity contribution in [2.45, 2.75) is 51.1 Å². The molecule has 0 aliphatic carbocycles. The van der Waals surface area contributed by atoms with Crippen LogP contribution in [0.2, 0.25) is 0 Å². The Morgan fingerprint density at radius 3 is 2.78 bits per heavy atom. The lowest BCUT2D eigenvalue weighted by Crippen LogP contribution is -2.44. The topological polar surface area (TPSA) is 184 Å². The minimum atomic E-state index is -1.93. The number of H-pyrrole nitrogens is 1. The average Bonchev–Trinajstić information content (AvgIpc) is 3.73. The van der Waals surface area contributed by atoms with Crippen LogP contribution < -0.4 is 26.1 Å². The predicted molar refractivity (Wildman–Crippen MR) is 143 cm³/mol. The zero-order valence-electron chi connectivity index (χ0n) is 22.0. The number of aromatic nitrogens is 4. The van der Waals surface area contributed by atoms with Crippen LogP contribution in [0.25, 0.3) is 22.3 Å². The molecule has 4 aromatic rings. The Kier molecular flexibility index (Phi) is 5.63. The highest BCUT2D eigenvalue weighted by atomic mass is 16.7. The van der Waals surface area contributed by atoms with Crippen molar-refractivity contribution in [1.82, 2.24) is 24.8 Å². The number of amides is 1. The highest BCUT2D eigenvalue weighted by molar-refractivity contribution is 5.92. The summed E-state index contributed by atoms with van der Waals surface area (Å²) in [5.41, 5.74) is 8.08. The summed E-state index contributed by atoms with van der Waals surface area (Å²) < 4.78 is 17.9. The number of esters is 1. The molecule has 0 bridgehead atoms. The number of rotatable bonds is 6. The van der Waals surface area contributed by atoms with Gasteiger partial charge in [0.25, 0.3) is 5.56 Å². The van der Waals surface area contributed by atoms with Crippen molar-refractivity contribution in [3.05, 3.63) is 69.0 Å². The van der Waals surface area contributed by atoms with Crippen molar-refractivity contribution in [1.29, 1.82) is 0 Å². The van der Waals surface area contributed by atoms with Crippen LogP contribution in [0.15, 0.2) is 35.5 Å². The smallest absolute Gasteiger partial charge is 0.343 e. The second kappa shape index (κ2) is 9.14. The molecule has 0 unspecified atom stereocenters. The molecule has 3 aliphatic rings. The standard InChI is InChI=1S/C28H26N6O7/c1-2-28(38)18-5-21-24-16(9-34(21)26(36)17(18)10-39-27(28)37)15(8-31-25(35)19(29)3-13-7-30-11-32-13)14-4-22-23(41-12-40-22)6-20(14)33-24/h4-7,11,19,38H,2-3,8-10,12,29H2,1H3,(H,30,32)(H,31,35)/t19-,28-/m0/s1. The number of aliphatic hydroxyl groups is 1. The summed E-state index contributed by atoms with van der Waals surface area (Å²) in [6.07, 6.45) is 3.47. The van der Waals surface area contributed by atoms with Crippen LogP contribution >= 0.6 is 0 Å². The summed E-state index contributed by atoms with van der Waals surface area (Å²) >= 11 is 0. The number of carbonyl (C=O) groups is 2. The quantitative estimate of drug-likeness (QED) is 0.217. The van der Waals surface area contributed by atoms with Crippen LogP contribution in [0.5, 0.6) is 11.5 Å². The van der Waals surface area contributed by atoms with Crippen LogP contribution in [0.3, 0.4) is 0 Å². The molecule has 13 heteroatoms. The number of hydrogen-bond donors (Lipinski definition) is 4. The molecule has 1 aromatic carbocycles. The molecule has 210 valence electrons. The summed E-state index contributed by atoms with van der Waals surface area (Å²) in [6, 6.07) is 4.41. The Hall–Kier alpha value is -4.75. The SMILES string of the molecule is CC[C@@]1(O)C(=O)OCc2c1cc1n(c2=O)Cc2c-1nc1cc3c(cc1c2CNC(=O)[C@@H](N)Cc1cnc[nH]1)OCO3. The van der Waals surface area contributed by atoms with Gasteiger partial charge in [0.2, 0.25) is 12.7 Å². The van der Waals surface area contributed by atoms with Gasteiger partial charge in [-0.15, -0.1) is 0 Å². The largest absolute Gasteiger partial charge is 0.458 e. The maximum atomic E-state index is 13.7. The fourth-order valence-electron chi connectivity index (χ4n) is 5.79. The first-order valence-corrected chi connectivity index (χ1v) is 13.2. The highest BCUT2D eigenvalue weighted by Crippen LogP contribution is 2.43. The van der Waals surface area contributed by atoms with Crippen molar-refractivity contribution >= 4 is 22.8 Å². The van der Waals surface area contributed by atoms with E-state index in [1.165, 1.54) is 6.33 Å². The van der Waals surface area contributed by atoms with Gasteiger partial charge in [0.1, 0.15) is 6.61 Å². The van der Waals surface area contributed by atoms with Gasteiger partial charge in [-0.1, -0.05) is 6.92 Å². The summed E-state index contributed by atoms with van der Waals surface area (Å²) in [7, 11) is 0. The number of ether oxygens (including phenoxy) is 3. The van der Waals surface area contributed by atoms with Crippen LogP contribution in [0, 0.1) is 0 Å². The molecule has 6 heterocycles. The first kappa shape index (κ1) is 25.2. The molecule has 3 aliphatic heterocycles. The van der Waals surface area contributed by atoms with Gasteiger partial charge in [-0.3, -0.25) is 9.59 Å². The lowest BCUT2D eigenvalue weighted by molar-refractivity contribution is -0.172. The molecule has 0 saturated heterocycles. The second-order valence-corrected chi connectivity index (χ2v) is 10.3. The molecule has 2 atom stereocenters.